The van der Waals surface area contributed by atoms with Crippen LogP contribution in [0.3, 0.4) is 0 Å². The number of amides is 1. The zero-order valence-corrected chi connectivity index (χ0v) is 13.6. The number of nitrogens with one attached hydrogen (secondary N) is 1. The molecule has 0 saturated heterocycles. The van der Waals surface area contributed by atoms with E-state index in [1.54, 1.807) is 32.0 Å². The first-order chi connectivity index (χ1) is 10.3. The summed E-state index contributed by atoms with van der Waals surface area (Å²) >= 11 is 0. The van der Waals surface area contributed by atoms with E-state index in [-0.39, 0.29) is 23.8 Å². The van der Waals surface area contributed by atoms with Crippen LogP contribution in [0, 0.1) is 5.41 Å². The van der Waals surface area contributed by atoms with Gasteiger partial charge in [0, 0.05) is 12.2 Å². The summed E-state index contributed by atoms with van der Waals surface area (Å²) in [4.78, 5) is 23.9. The molecule has 0 heterocycles. The third-order valence-electron chi connectivity index (χ3n) is 3.19. The van der Waals surface area contributed by atoms with Crippen LogP contribution in [0.25, 0.3) is 0 Å². The summed E-state index contributed by atoms with van der Waals surface area (Å²) in [6.07, 6.45) is 0.865. The molecule has 22 heavy (non-hydrogen) atoms. The number of hydrogen-bond acceptors (Lipinski definition) is 5. The summed E-state index contributed by atoms with van der Waals surface area (Å²) in [6, 6.07) is 4.90. The van der Waals surface area contributed by atoms with Crippen LogP contribution in [0.2, 0.25) is 0 Å². The third kappa shape index (κ3) is 4.38. The second kappa shape index (κ2) is 7.68. The van der Waals surface area contributed by atoms with Crippen molar-refractivity contribution < 1.29 is 19.1 Å². The largest absolute Gasteiger partial charge is 0.492 e. The van der Waals surface area contributed by atoms with Gasteiger partial charge >= 0.3 is 5.97 Å². The predicted octanol–water partition coefficient (Wildman–Crippen LogP) is 1.99. The Labute approximate surface area is 131 Å². The molecule has 1 aromatic carbocycles. The molecule has 6 heteroatoms. The van der Waals surface area contributed by atoms with E-state index in [1.165, 1.54) is 7.11 Å². The van der Waals surface area contributed by atoms with Crippen molar-refractivity contribution in [2.45, 2.75) is 27.2 Å². The molecule has 0 radical (unpaired) electrons. The number of anilines is 1. The first-order valence-electron chi connectivity index (χ1n) is 7.21. The van der Waals surface area contributed by atoms with Crippen molar-refractivity contribution in [3.05, 3.63) is 23.8 Å². The van der Waals surface area contributed by atoms with Gasteiger partial charge in [-0.2, -0.15) is 0 Å². The fraction of sp³-hybridized carbons (Fsp3) is 0.500. The number of nitrogen functional groups attached to an aromatic ring is 1. The minimum absolute atomic E-state index is 0.0992. The van der Waals surface area contributed by atoms with Crippen LogP contribution in [0.15, 0.2) is 18.2 Å². The molecule has 122 valence electrons. The van der Waals surface area contributed by atoms with E-state index >= 15 is 0 Å². The van der Waals surface area contributed by atoms with E-state index in [1.807, 2.05) is 6.92 Å². The summed E-state index contributed by atoms with van der Waals surface area (Å²) in [5.74, 6) is -0.359. The normalized spacial score (nSPS) is 10.9. The monoisotopic (exact) mass is 308 g/mol. The number of benzene rings is 1. The standard InChI is InChI=1S/C16H24N2O4/c1-5-9-18-15(20)16(2,3)10-22-12-8-6-7-11(17)13(12)14(19)21-4/h6-8H,5,9-10,17H2,1-4H3,(H,18,20). The molecule has 0 spiro atoms. The van der Waals surface area contributed by atoms with Crippen molar-refractivity contribution in [3.8, 4) is 5.75 Å². The lowest BCUT2D eigenvalue weighted by Gasteiger charge is -2.24. The number of esters is 1. The molecule has 0 aliphatic heterocycles. The van der Waals surface area contributed by atoms with Crippen LogP contribution in [0.5, 0.6) is 5.75 Å². The molecule has 0 saturated carbocycles. The van der Waals surface area contributed by atoms with Crippen LogP contribution in [-0.2, 0) is 9.53 Å². The number of carbonyl (C=O) groups excluding carboxylic acids is 2. The van der Waals surface area contributed by atoms with E-state index in [4.69, 9.17) is 15.2 Å². The number of ether oxygens (including phenoxy) is 2. The summed E-state index contributed by atoms with van der Waals surface area (Å²) < 4.78 is 10.4. The maximum atomic E-state index is 12.1. The highest BCUT2D eigenvalue weighted by atomic mass is 16.5. The summed E-state index contributed by atoms with van der Waals surface area (Å²) in [7, 11) is 1.28. The molecule has 3 N–H and O–H groups in total. The molecule has 0 aromatic heterocycles. The third-order valence-corrected chi connectivity index (χ3v) is 3.19. The maximum Gasteiger partial charge on any atom is 0.343 e. The Balaban J connectivity index is 2.86. The fourth-order valence-electron chi connectivity index (χ4n) is 1.79. The highest BCUT2D eigenvalue weighted by Crippen LogP contribution is 2.27. The van der Waals surface area contributed by atoms with Crippen molar-refractivity contribution in [2.24, 2.45) is 5.41 Å². The first-order valence-corrected chi connectivity index (χ1v) is 7.21. The lowest BCUT2D eigenvalue weighted by molar-refractivity contribution is -0.130. The van der Waals surface area contributed by atoms with Crippen molar-refractivity contribution in [3.63, 3.8) is 0 Å². The molecule has 0 unspecified atom stereocenters. The van der Waals surface area contributed by atoms with Crippen molar-refractivity contribution in [1.29, 1.82) is 0 Å². The van der Waals surface area contributed by atoms with Gasteiger partial charge in [0.05, 0.1) is 12.5 Å². The molecule has 1 aromatic rings. The van der Waals surface area contributed by atoms with Gasteiger partial charge in [-0.05, 0) is 32.4 Å². The molecule has 0 aliphatic rings. The number of carbonyl (C=O) groups is 2. The number of hydrogen-bond donors (Lipinski definition) is 2. The smallest absolute Gasteiger partial charge is 0.343 e. The minimum atomic E-state index is -0.729. The molecule has 0 aliphatic carbocycles. The molecule has 6 nitrogen and oxygen atoms in total. The fourth-order valence-corrected chi connectivity index (χ4v) is 1.79. The van der Waals surface area contributed by atoms with E-state index in [9.17, 15) is 9.59 Å². The van der Waals surface area contributed by atoms with Crippen molar-refractivity contribution >= 4 is 17.6 Å². The summed E-state index contributed by atoms with van der Waals surface area (Å²) in [5, 5.41) is 2.83. The van der Waals surface area contributed by atoms with Gasteiger partial charge in [-0.25, -0.2) is 4.79 Å². The highest BCUT2D eigenvalue weighted by molar-refractivity contribution is 5.98. The Morgan fingerprint density at radius 1 is 1.32 bits per heavy atom. The lowest BCUT2D eigenvalue weighted by Crippen LogP contribution is -2.41. The summed E-state index contributed by atoms with van der Waals surface area (Å²) in [6.45, 7) is 6.29. The minimum Gasteiger partial charge on any atom is -0.492 e. The van der Waals surface area contributed by atoms with Crippen LogP contribution in [-0.4, -0.2) is 32.1 Å². The van der Waals surface area contributed by atoms with Crippen LogP contribution >= 0.6 is 0 Å². The quantitative estimate of drug-likeness (QED) is 0.594. The highest BCUT2D eigenvalue weighted by Gasteiger charge is 2.29. The van der Waals surface area contributed by atoms with Gasteiger partial charge < -0.3 is 20.5 Å². The SMILES string of the molecule is CCCNC(=O)C(C)(C)COc1cccc(N)c1C(=O)OC. The second-order valence-corrected chi connectivity index (χ2v) is 5.64. The lowest BCUT2D eigenvalue weighted by atomic mass is 9.93. The topological polar surface area (TPSA) is 90.6 Å². The zero-order valence-electron chi connectivity index (χ0n) is 13.6. The van der Waals surface area contributed by atoms with E-state index in [2.05, 4.69) is 5.32 Å². The van der Waals surface area contributed by atoms with Gasteiger partial charge in [-0.3, -0.25) is 4.79 Å². The van der Waals surface area contributed by atoms with E-state index in [0.29, 0.717) is 12.3 Å². The maximum absolute atomic E-state index is 12.1. The van der Waals surface area contributed by atoms with Gasteiger partial charge in [0.1, 0.15) is 17.9 Å². The number of nitrogens with two attached hydrogens (primary N) is 1. The van der Waals surface area contributed by atoms with Gasteiger partial charge in [0.15, 0.2) is 0 Å². The molecule has 1 rings (SSSR count). The van der Waals surface area contributed by atoms with Crippen molar-refractivity contribution in [2.75, 3.05) is 26.0 Å². The number of methoxy groups -OCH3 is 1. The van der Waals surface area contributed by atoms with Gasteiger partial charge in [0.2, 0.25) is 5.91 Å². The average Bonchev–Trinajstić information content (AvgIpc) is 2.49. The summed E-state index contributed by atoms with van der Waals surface area (Å²) in [5.41, 5.74) is 5.52. The Hall–Kier alpha value is -2.24. The Kier molecular flexibility index (Phi) is 6.22. The van der Waals surface area contributed by atoms with Gasteiger partial charge in [0.25, 0.3) is 0 Å². The average molecular weight is 308 g/mol. The van der Waals surface area contributed by atoms with Crippen LogP contribution in [0.1, 0.15) is 37.6 Å². The molecule has 0 fully saturated rings. The van der Waals surface area contributed by atoms with Gasteiger partial charge in [-0.1, -0.05) is 13.0 Å². The van der Waals surface area contributed by atoms with Crippen LogP contribution < -0.4 is 15.8 Å². The second-order valence-electron chi connectivity index (χ2n) is 5.64. The van der Waals surface area contributed by atoms with Crippen LogP contribution in [0.4, 0.5) is 5.69 Å². The zero-order chi connectivity index (χ0) is 16.8. The number of rotatable bonds is 7. The Morgan fingerprint density at radius 3 is 2.59 bits per heavy atom. The molecule has 0 bridgehead atoms. The Bertz CT molecular complexity index is 541. The van der Waals surface area contributed by atoms with E-state index in [0.717, 1.165) is 6.42 Å². The van der Waals surface area contributed by atoms with Gasteiger partial charge in [-0.15, -0.1) is 0 Å². The van der Waals surface area contributed by atoms with Crippen molar-refractivity contribution in [1.82, 2.24) is 5.32 Å². The molecular weight excluding hydrogens is 284 g/mol. The molecule has 0 atom stereocenters. The predicted molar refractivity (Wildman–Crippen MR) is 84.8 cm³/mol. The van der Waals surface area contributed by atoms with E-state index < -0.39 is 11.4 Å². The molecular formula is C16H24N2O4. The molecule has 1 amide bonds. The Morgan fingerprint density at radius 2 is 2.00 bits per heavy atom. The first kappa shape index (κ1) is 17.8.